The van der Waals surface area contributed by atoms with Gasteiger partial charge in [-0.3, -0.25) is 28.8 Å². The molecule has 5 unspecified atom stereocenters. The maximum absolute atomic E-state index is 14.2. The minimum Gasteiger partial charge on any atom is -0.480 e. The Morgan fingerprint density at radius 3 is 1.37 bits per heavy atom. The van der Waals surface area contributed by atoms with Crippen molar-refractivity contribution < 1.29 is 96.2 Å². The maximum Gasteiger partial charge on any atom is 0.337 e. The van der Waals surface area contributed by atoms with Crippen molar-refractivity contribution in [1.29, 1.82) is 0 Å². The van der Waals surface area contributed by atoms with E-state index in [4.69, 9.17) is 78.4 Å². The van der Waals surface area contributed by atoms with E-state index < -0.39 is 239 Å². The van der Waals surface area contributed by atoms with Crippen LogP contribution in [0.2, 0.25) is 0 Å². The number of hydrogen-bond acceptors (Lipinski definition) is 12. The Bertz CT molecular complexity index is 3390. The molecule has 0 aromatic carbocycles. The summed E-state index contributed by atoms with van der Waals surface area (Å²) in [6.45, 7) is 18.4. The largest absolute Gasteiger partial charge is 0.480 e. The third kappa shape index (κ3) is 19.7. The molecule has 4 saturated carbocycles. The first-order valence-corrected chi connectivity index (χ1v) is 26.2. The molecule has 9 amide bonds. The molecule has 0 bridgehead atoms. The van der Waals surface area contributed by atoms with Gasteiger partial charge in [0.1, 0.15) is 30.3 Å². The number of ketones is 1. The molecule has 82 heavy (non-hydrogen) atoms. The summed E-state index contributed by atoms with van der Waals surface area (Å²) in [5, 5.41) is 39.5. The average molecular weight is 1250 g/mol. The summed E-state index contributed by atoms with van der Waals surface area (Å²) in [6.07, 6.45) is -29.8. The first-order chi connectivity index (χ1) is 46.0. The number of carbonyl (C=O) groups is 10. The molecule has 2 saturated heterocycles. The molecule has 6 fully saturated rings. The predicted octanol–water partition coefficient (Wildman–Crippen LogP) is 4.42. The number of nitrogens with zero attached hydrogens (tertiary/aromatic N) is 2. The zero-order valence-electron chi connectivity index (χ0n) is 72.1. The summed E-state index contributed by atoms with van der Waals surface area (Å²) in [5.74, 6) is -20.4. The molecule has 0 spiro atoms. The van der Waals surface area contributed by atoms with E-state index in [9.17, 15) is 58.2 Å². The molecule has 2 heterocycles. The number of rotatable bonds is 16. The van der Waals surface area contributed by atoms with Gasteiger partial charge in [0.05, 0.1) is 6.04 Å². The highest BCUT2D eigenvalue weighted by molar-refractivity contribution is 6.52. The highest BCUT2D eigenvalue weighted by Gasteiger charge is 2.71. The molecule has 0 aromatic rings. The number of alkyl halides is 2. The van der Waals surface area contributed by atoms with Gasteiger partial charge in [0.15, 0.2) is 0 Å². The molecule has 0 aromatic heterocycles. The third-order valence-electron chi connectivity index (χ3n) is 13.5. The fraction of sp³-hybridized carbons (Fsp3) is 0.821. The molecule has 13 atom stereocenters. The normalized spacial score (nSPS) is 36.6. The van der Waals surface area contributed by atoms with Crippen molar-refractivity contribution in [3.63, 3.8) is 0 Å². The minimum absolute atomic E-state index is 0. The van der Waals surface area contributed by atoms with Gasteiger partial charge in [0.25, 0.3) is 5.91 Å². The molecule has 6 aliphatic rings. The van der Waals surface area contributed by atoms with Crippen LogP contribution >= 0.6 is 35.6 Å². The number of carbonyl (C=O) groups excluding carboxylic acids is 8. The lowest BCUT2D eigenvalue weighted by molar-refractivity contribution is -0.152. The predicted molar refractivity (Wildman–Crippen MR) is 313 cm³/mol. The van der Waals surface area contributed by atoms with E-state index >= 15 is 0 Å². The zero-order valence-corrected chi connectivity index (χ0v) is 50.4. The first kappa shape index (κ1) is 43.0. The fourth-order valence-electron chi connectivity index (χ4n) is 9.21. The van der Waals surface area contributed by atoms with Crippen molar-refractivity contribution in [2.75, 3.05) is 13.1 Å². The summed E-state index contributed by atoms with van der Waals surface area (Å²) in [6, 6.07) is -11.6. The Labute approximate surface area is 534 Å². The summed E-state index contributed by atoms with van der Waals surface area (Å²) < 4.78 is 190. The lowest BCUT2D eigenvalue weighted by Crippen LogP contribution is -2.62. The highest BCUT2D eigenvalue weighted by Crippen LogP contribution is 2.66. The van der Waals surface area contributed by atoms with E-state index in [-0.39, 0.29) is 25.5 Å². The summed E-state index contributed by atoms with van der Waals surface area (Å²) in [7, 11) is 0. The molecular formula is C56H97Cl3N10O13. The number of aliphatic hydroxyl groups is 1. The van der Waals surface area contributed by atoms with Crippen molar-refractivity contribution in [3.8, 4) is 0 Å². The Balaban J connectivity index is 0.000000564. The second-order valence-electron chi connectivity index (χ2n) is 24.8. The molecule has 14 N–H and O–H groups in total. The van der Waals surface area contributed by atoms with Crippen LogP contribution in [0.5, 0.6) is 0 Å². The van der Waals surface area contributed by atoms with E-state index in [1.807, 2.05) is 26.1 Å². The number of hydrogen-bond donors (Lipinski definition) is 11. The summed E-state index contributed by atoms with van der Waals surface area (Å²) in [4.78, 5) is 125. The van der Waals surface area contributed by atoms with Crippen LogP contribution in [0.15, 0.2) is 0 Å². The third-order valence-corrected chi connectivity index (χ3v) is 13.9. The van der Waals surface area contributed by atoms with Crippen LogP contribution in [0.4, 0.5) is 9.59 Å². The van der Waals surface area contributed by atoms with Crippen molar-refractivity contribution in [1.82, 2.24) is 36.4 Å². The number of carboxylic acid groups (broad SMARTS) is 2. The highest BCUT2D eigenvalue weighted by atomic mass is 35.5. The van der Waals surface area contributed by atoms with Gasteiger partial charge in [-0.1, -0.05) is 131 Å². The van der Waals surface area contributed by atoms with E-state index in [2.05, 4.69) is 21.3 Å². The van der Waals surface area contributed by atoms with E-state index in [0.717, 1.165) is 4.90 Å². The van der Waals surface area contributed by atoms with Gasteiger partial charge in [0.2, 0.25) is 34.2 Å². The standard InChI is InChI=1S/C27H45N5O5.C19H33N3O4.C8H16N2O2.C2H2Cl2O2.ClH/c1-25(2,3)20(30-24(37)31-26(4,5)6)23(36)32-13-15-17(27(15,7)8)18(32)22(35)29-16(19(33)21(28)34)12-14-10-9-11-14;1-17(2,3)13(20-16(26)21-18(4,5)6)14(23)22-9-10-11(19(10,7)8)12(22)15(24)25;9-6(7(11)8(10)12)4-5-2-1-3-5;3-1(4)2(5)6;/h14-18,20H,9-13H2,1-8H3,(H2,28,34)(H,29,35)(H2,30,31,37);10-13H,9H2,1-8H3,(H,24,25)(H2,20,21,26);5-7,11H,1-4,9H2,(H2,10,12);1H,(H,5,6);1H/t15-,16?,17-,18-,20+;10-,11-,12-,13+;;;/m00.../s1/i7D3,9D2,10D2,11D2,12D2,14D;7D3;1D2,2D2,3D2,4D2,5D;;/t15-,16?,17-,18-,20+,27?;10-,11-,12-,13+,19?;;;. The Hall–Kier alpha value is -4.71. The van der Waals surface area contributed by atoms with E-state index in [0.29, 0.717) is 0 Å². The van der Waals surface area contributed by atoms with Crippen LogP contribution in [0.1, 0.15) is 195 Å². The Kier molecular flexibility index (Phi) is 14.7. The molecule has 6 rings (SSSR count). The number of aliphatic hydroxyl groups excluding tert-OH is 1. The fourth-order valence-corrected chi connectivity index (χ4v) is 9.21. The molecule has 23 nitrogen and oxygen atoms in total. The second-order valence-corrected chi connectivity index (χ2v) is 25.9. The van der Waals surface area contributed by atoms with Crippen molar-refractivity contribution in [2.45, 2.75) is 220 Å². The average Bonchev–Trinajstić information content (AvgIpc) is 1.47. The molecule has 0 radical (unpaired) electrons. The molecule has 470 valence electrons. The van der Waals surface area contributed by atoms with Crippen LogP contribution in [0.3, 0.4) is 0 Å². The van der Waals surface area contributed by atoms with Crippen molar-refractivity contribution >= 4 is 94.9 Å². The second kappa shape index (κ2) is 28.0. The monoisotopic (exact) mass is 1250 g/mol. The van der Waals surface area contributed by atoms with Crippen LogP contribution in [-0.4, -0.2) is 156 Å². The first-order valence-electron chi connectivity index (χ1n) is 37.4. The molecule has 2 aliphatic heterocycles. The number of Topliss-reactive ketones (excluding diaryl/α,β-unsaturated/α-hetero) is 1. The van der Waals surface area contributed by atoms with Gasteiger partial charge in [-0.05, 0) is 105 Å². The summed E-state index contributed by atoms with van der Waals surface area (Å²) >= 11 is 9.56. The summed E-state index contributed by atoms with van der Waals surface area (Å²) in [5.41, 5.74) is 9.67. The van der Waals surface area contributed by atoms with Crippen LogP contribution in [0, 0.1) is 57.1 Å². The van der Waals surface area contributed by atoms with Gasteiger partial charge in [0, 0.05) is 69.0 Å². The number of aliphatic carboxylic acids is 2. The van der Waals surface area contributed by atoms with Crippen LogP contribution < -0.4 is 43.8 Å². The number of likely N-dealkylation sites (tertiary alicyclic amines) is 2. The Morgan fingerprint density at radius 2 is 1.05 bits per heavy atom. The van der Waals surface area contributed by atoms with E-state index in [1.54, 1.807) is 69.2 Å². The zero-order chi connectivity index (χ0) is 83.8. The smallest absolute Gasteiger partial charge is 0.337 e. The topological polar surface area (TPSA) is 376 Å². The van der Waals surface area contributed by atoms with Crippen LogP contribution in [0.25, 0.3) is 0 Å². The lowest BCUT2D eigenvalue weighted by atomic mass is 9.80. The maximum atomic E-state index is 14.2. The number of piperidine rings is 2. The number of urea groups is 2. The minimum atomic E-state index is -3.86. The van der Waals surface area contributed by atoms with Gasteiger partial charge in [-0.15, -0.1) is 12.4 Å². The molecule has 4 aliphatic carbocycles. The Morgan fingerprint density at radius 1 is 0.683 bits per heavy atom. The van der Waals surface area contributed by atoms with Gasteiger partial charge < -0.3 is 68.9 Å². The molecular weight excluding hydrogens is 1130 g/mol. The van der Waals surface area contributed by atoms with Gasteiger partial charge in [-0.25, -0.2) is 19.2 Å². The molecule has 26 heteroatoms. The number of carboxylic acids is 2. The van der Waals surface area contributed by atoms with Gasteiger partial charge >= 0.3 is 24.0 Å². The van der Waals surface area contributed by atoms with Crippen LogP contribution in [-0.2, 0) is 38.4 Å². The van der Waals surface area contributed by atoms with Crippen molar-refractivity contribution in [3.05, 3.63) is 0 Å². The van der Waals surface area contributed by atoms with Gasteiger partial charge in [-0.2, -0.15) is 0 Å². The number of halogens is 3. The van der Waals surface area contributed by atoms with E-state index in [1.165, 1.54) is 11.8 Å². The number of amides is 9. The number of nitrogens with two attached hydrogens (primary N) is 3. The van der Waals surface area contributed by atoms with Crippen molar-refractivity contribution in [2.24, 2.45) is 74.3 Å². The number of primary amides is 2. The number of nitrogens with one attached hydrogen (secondary N) is 5. The quantitative estimate of drug-likeness (QED) is 0.0753. The SMILES string of the molecule is Cl.O=C(O)C(Cl)Cl.[2H]C([2H])(C(N)C(O)C(N)=O)C1([2H])C([2H])([2H])C([2H])([2H])C1([2H])[2H].[2H]C([2H])([2H])C1(C)[C@@H]2[C@@H](C(=O)NC(C(=O)C(N)=O)C([2H])([2H])C3([2H])C([2H])([2H])C([2H])([2H])C3([2H])[2H])N(C(=O)[C@@H](NC(=O)NC(C)(C)C)C(C)(C)C)C[C@@H]21.[2H]C([2H])([2H])C1(C)[C@@H]2[C@@H](C(=O)O)N(C(=O)[C@@H](NC(=O)NC(C)(C)C)C(C)(C)C)C[C@@H]21. The number of fused-ring (bicyclic) bond motifs is 2. The lowest BCUT2D eigenvalue weighted by Gasteiger charge is -2.38.